The summed E-state index contributed by atoms with van der Waals surface area (Å²) in [5.74, 6) is 5.73. The summed E-state index contributed by atoms with van der Waals surface area (Å²) in [4.78, 5) is 27.2. The lowest BCUT2D eigenvalue weighted by atomic mass is 10.0. The van der Waals surface area contributed by atoms with Crippen molar-refractivity contribution < 1.29 is 4.39 Å². The zero-order chi connectivity index (χ0) is 19.5. The van der Waals surface area contributed by atoms with E-state index in [-0.39, 0.29) is 5.92 Å². The number of nitrogen functional groups attached to an aromatic ring is 1. The second kappa shape index (κ2) is 6.37. The zero-order valence-electron chi connectivity index (χ0n) is 16.0. The fourth-order valence-corrected chi connectivity index (χ4v) is 4.39. The highest BCUT2D eigenvalue weighted by atomic mass is 19.1. The van der Waals surface area contributed by atoms with Gasteiger partial charge in [-0.2, -0.15) is 4.68 Å². The first-order valence-corrected chi connectivity index (χ1v) is 9.52. The summed E-state index contributed by atoms with van der Waals surface area (Å²) in [6.45, 7) is 5.43. The molecule has 2 aromatic heterocycles. The van der Waals surface area contributed by atoms with Gasteiger partial charge in [-0.15, -0.1) is 0 Å². The number of anilines is 1. The molecule has 1 aliphatic heterocycles. The van der Waals surface area contributed by atoms with Gasteiger partial charge in [0.1, 0.15) is 0 Å². The van der Waals surface area contributed by atoms with Crippen LogP contribution in [-0.4, -0.2) is 35.3 Å². The topological polar surface area (TPSA) is 84.8 Å². The monoisotopic (exact) mass is 375 g/mol. The van der Waals surface area contributed by atoms with Gasteiger partial charge in [-0.3, -0.25) is 9.20 Å². The normalized spacial score (nSPS) is 21.2. The van der Waals surface area contributed by atoms with Crippen LogP contribution >= 0.6 is 0 Å². The number of hydrogen-bond donors (Lipinski definition) is 2. The number of hydrogen-bond acceptors (Lipinski definition) is 5. The summed E-state index contributed by atoms with van der Waals surface area (Å²) < 4.78 is 16.9. The van der Waals surface area contributed by atoms with E-state index in [0.29, 0.717) is 39.0 Å². The van der Waals surface area contributed by atoms with Crippen LogP contribution in [0.4, 0.5) is 10.1 Å². The predicted molar refractivity (Wildman–Crippen MR) is 104 cm³/mol. The smallest absolute Gasteiger partial charge is 0.354 e. The molecule has 0 bridgehead atoms. The molecule has 2 aromatic rings. The molecular formula is C19H26FN5O2. The molecule has 0 aromatic carbocycles. The van der Waals surface area contributed by atoms with Crippen molar-refractivity contribution in [1.82, 2.24) is 14.4 Å². The van der Waals surface area contributed by atoms with Gasteiger partial charge in [0.2, 0.25) is 0 Å². The van der Waals surface area contributed by atoms with E-state index in [4.69, 9.17) is 5.84 Å². The largest absolute Gasteiger partial charge is 0.368 e. The number of nitrogens with two attached hydrogens (primary N) is 1. The maximum atomic E-state index is 15.1. The van der Waals surface area contributed by atoms with Gasteiger partial charge in [0.15, 0.2) is 5.82 Å². The highest BCUT2D eigenvalue weighted by Crippen LogP contribution is 2.42. The van der Waals surface area contributed by atoms with Crippen LogP contribution in [0.15, 0.2) is 15.8 Å². The van der Waals surface area contributed by atoms with Crippen molar-refractivity contribution in [1.29, 1.82) is 0 Å². The summed E-state index contributed by atoms with van der Waals surface area (Å²) >= 11 is 0. The minimum atomic E-state index is -0.712. The molecule has 2 atom stereocenters. The summed E-state index contributed by atoms with van der Waals surface area (Å²) in [6, 6.07) is 0.341. The van der Waals surface area contributed by atoms with Crippen molar-refractivity contribution in [2.75, 3.05) is 30.9 Å². The van der Waals surface area contributed by atoms with Crippen molar-refractivity contribution in [2.24, 2.45) is 5.92 Å². The molecule has 2 fully saturated rings. The van der Waals surface area contributed by atoms with E-state index in [1.54, 1.807) is 6.92 Å². The molecule has 1 saturated carbocycles. The van der Waals surface area contributed by atoms with E-state index in [1.165, 1.54) is 10.6 Å². The summed E-state index contributed by atoms with van der Waals surface area (Å²) in [7, 11) is 1.93. The Kier molecular flexibility index (Phi) is 4.25. The van der Waals surface area contributed by atoms with Crippen molar-refractivity contribution in [3.05, 3.63) is 44.0 Å². The summed E-state index contributed by atoms with van der Waals surface area (Å²) in [6.07, 6.45) is 3.93. The first kappa shape index (κ1) is 18.0. The minimum absolute atomic E-state index is 0.0931. The first-order valence-electron chi connectivity index (χ1n) is 9.52. The predicted octanol–water partition coefficient (Wildman–Crippen LogP) is 0.934. The minimum Gasteiger partial charge on any atom is -0.368 e. The lowest BCUT2D eigenvalue weighted by Gasteiger charge is -2.25. The van der Waals surface area contributed by atoms with Gasteiger partial charge in [0.25, 0.3) is 5.56 Å². The average molecular weight is 375 g/mol. The fraction of sp³-hybridized carbons (Fsp3) is 0.579. The second-order valence-corrected chi connectivity index (χ2v) is 7.89. The van der Waals surface area contributed by atoms with Crippen LogP contribution in [0.5, 0.6) is 0 Å². The molecule has 27 heavy (non-hydrogen) atoms. The summed E-state index contributed by atoms with van der Waals surface area (Å²) in [5.41, 5.74) is 1.02. The van der Waals surface area contributed by atoms with Gasteiger partial charge in [-0.1, -0.05) is 0 Å². The molecule has 0 spiro atoms. The maximum absolute atomic E-state index is 15.1. The lowest BCUT2D eigenvalue weighted by molar-refractivity contribution is 0.428. The molecule has 4 rings (SSSR count). The Bertz CT molecular complexity index is 1020. The quantitative estimate of drug-likeness (QED) is 0.777. The Morgan fingerprint density at radius 3 is 2.63 bits per heavy atom. The van der Waals surface area contributed by atoms with Crippen LogP contribution in [-0.2, 0) is 0 Å². The first-order chi connectivity index (χ1) is 12.8. The lowest BCUT2D eigenvalue weighted by Crippen LogP contribution is -2.44. The molecule has 8 heteroatoms. The highest BCUT2D eigenvalue weighted by Gasteiger charge is 2.34. The maximum Gasteiger partial charge on any atom is 0.354 e. The number of rotatable bonds is 4. The van der Waals surface area contributed by atoms with E-state index in [9.17, 15) is 9.59 Å². The Morgan fingerprint density at radius 2 is 2.00 bits per heavy atom. The number of nitrogens with one attached hydrogen (secondary N) is 1. The van der Waals surface area contributed by atoms with Gasteiger partial charge in [-0.25, -0.2) is 9.18 Å². The SMILES string of the molecule is CNC(C)C1CCN(c2c(F)cn3c(=O)n(N)c(=O)c(C4CC4)c3c2C)C1. The second-order valence-electron chi connectivity index (χ2n) is 7.89. The van der Waals surface area contributed by atoms with E-state index < -0.39 is 17.1 Å². The Balaban J connectivity index is 1.91. The molecule has 2 aliphatic rings. The third kappa shape index (κ3) is 2.74. The molecule has 3 N–H and O–H groups in total. The van der Waals surface area contributed by atoms with Crippen LogP contribution in [0.3, 0.4) is 0 Å². The molecule has 0 amide bonds. The fourth-order valence-electron chi connectivity index (χ4n) is 4.39. The van der Waals surface area contributed by atoms with E-state index in [0.717, 1.165) is 32.4 Å². The Hall–Kier alpha value is -2.35. The van der Waals surface area contributed by atoms with Crippen LogP contribution in [0.25, 0.3) is 5.52 Å². The molecule has 7 nitrogen and oxygen atoms in total. The molecule has 0 radical (unpaired) electrons. The van der Waals surface area contributed by atoms with E-state index in [2.05, 4.69) is 12.2 Å². The van der Waals surface area contributed by atoms with E-state index >= 15 is 4.39 Å². The molecule has 1 saturated heterocycles. The third-order valence-corrected chi connectivity index (χ3v) is 6.23. The number of fused-ring (bicyclic) bond motifs is 1. The molecule has 2 unspecified atom stereocenters. The number of aromatic nitrogens is 2. The molecular weight excluding hydrogens is 349 g/mol. The summed E-state index contributed by atoms with van der Waals surface area (Å²) in [5, 5.41) is 3.27. The number of pyridine rings is 1. The number of halogens is 1. The van der Waals surface area contributed by atoms with Crippen molar-refractivity contribution in [3.63, 3.8) is 0 Å². The Morgan fingerprint density at radius 1 is 1.30 bits per heavy atom. The van der Waals surface area contributed by atoms with Gasteiger partial charge < -0.3 is 16.1 Å². The van der Waals surface area contributed by atoms with Crippen LogP contribution in [0, 0.1) is 18.7 Å². The molecule has 3 heterocycles. The van der Waals surface area contributed by atoms with Gasteiger partial charge in [0.05, 0.1) is 17.4 Å². The number of aryl methyl sites for hydroxylation is 1. The number of nitrogens with zero attached hydrogens (tertiary/aromatic N) is 3. The van der Waals surface area contributed by atoms with Crippen LogP contribution in [0.1, 0.15) is 43.2 Å². The van der Waals surface area contributed by atoms with Gasteiger partial charge >= 0.3 is 5.69 Å². The average Bonchev–Trinajstić information content (AvgIpc) is 3.37. The van der Waals surface area contributed by atoms with Crippen molar-refractivity contribution >= 4 is 11.2 Å². The van der Waals surface area contributed by atoms with Crippen LogP contribution in [0.2, 0.25) is 0 Å². The van der Waals surface area contributed by atoms with Gasteiger partial charge in [0, 0.05) is 30.3 Å². The van der Waals surface area contributed by atoms with Gasteiger partial charge in [-0.05, 0) is 52.0 Å². The Labute approximate surface area is 156 Å². The van der Waals surface area contributed by atoms with Crippen molar-refractivity contribution in [3.8, 4) is 0 Å². The zero-order valence-corrected chi connectivity index (χ0v) is 16.0. The standard InChI is InChI=1S/C19H26FN5O2/c1-10-16(23-7-6-13(8-23)11(2)22-3)14(20)9-24-17(10)15(12-4-5-12)18(26)25(21)19(24)27/h9,11-13,22H,4-8,21H2,1-3H3. The van der Waals surface area contributed by atoms with Crippen molar-refractivity contribution in [2.45, 2.75) is 45.1 Å². The molecule has 1 aliphatic carbocycles. The highest BCUT2D eigenvalue weighted by molar-refractivity contribution is 5.72. The molecule has 146 valence electrons. The van der Waals surface area contributed by atoms with E-state index in [1.807, 2.05) is 11.9 Å². The third-order valence-electron chi connectivity index (χ3n) is 6.23. The van der Waals surface area contributed by atoms with Crippen LogP contribution < -0.4 is 27.3 Å².